The Morgan fingerprint density at radius 1 is 1.14 bits per heavy atom. The van der Waals surface area contributed by atoms with Crippen molar-refractivity contribution < 1.29 is 43.9 Å². The van der Waals surface area contributed by atoms with Crippen LogP contribution in [-0.4, -0.2) is 82.5 Å². The minimum atomic E-state index is -2.80. The number of rotatable bonds is 11. The van der Waals surface area contributed by atoms with Gasteiger partial charge in [-0.05, 0) is 29.3 Å². The van der Waals surface area contributed by atoms with Crippen LogP contribution in [0.2, 0.25) is 5.28 Å². The van der Waals surface area contributed by atoms with Gasteiger partial charge >= 0.3 is 11.9 Å². The monoisotopic (exact) mass is 616 g/mol. The Balaban J connectivity index is 1.30. The van der Waals surface area contributed by atoms with Crippen molar-refractivity contribution in [3.63, 3.8) is 0 Å². The number of carbonyl (C=O) groups is 2. The van der Waals surface area contributed by atoms with Gasteiger partial charge in [-0.2, -0.15) is 9.97 Å². The van der Waals surface area contributed by atoms with E-state index in [2.05, 4.69) is 20.3 Å². The molecule has 0 spiro atoms. The molecule has 2 aromatic carbocycles. The van der Waals surface area contributed by atoms with Crippen molar-refractivity contribution in [1.29, 1.82) is 0 Å². The number of aromatic nitrogens is 4. The van der Waals surface area contributed by atoms with Gasteiger partial charge in [0.25, 0.3) is 5.60 Å². The zero-order valence-corrected chi connectivity index (χ0v) is 22.9. The largest absolute Gasteiger partial charge is 0.479 e. The first kappa shape index (κ1) is 30.1. The fraction of sp³-hybridized carbons (Fsp3) is 0.296. The zero-order valence-electron chi connectivity index (χ0n) is 22.1. The zero-order chi connectivity index (χ0) is 30.9. The van der Waals surface area contributed by atoms with Crippen molar-refractivity contribution >= 4 is 46.2 Å². The number of ether oxygens (including phenoxy) is 2. The van der Waals surface area contributed by atoms with E-state index in [-0.39, 0.29) is 27.8 Å². The van der Waals surface area contributed by atoms with E-state index in [1.165, 1.54) is 24.3 Å². The smallest absolute Gasteiger partial charge is 0.348 e. The summed E-state index contributed by atoms with van der Waals surface area (Å²) in [5.74, 6) is -3.69. The second-order valence-electron chi connectivity index (χ2n) is 9.78. The quantitative estimate of drug-likeness (QED) is 0.0807. The predicted molar refractivity (Wildman–Crippen MR) is 149 cm³/mol. The third kappa shape index (κ3) is 5.93. The van der Waals surface area contributed by atoms with Gasteiger partial charge in [0.15, 0.2) is 30.1 Å². The Kier molecular flexibility index (Phi) is 8.43. The number of carboxylic acids is 2. The van der Waals surface area contributed by atoms with Crippen LogP contribution in [0.5, 0.6) is 0 Å². The number of alkyl halides is 1. The lowest BCUT2D eigenvalue weighted by Crippen LogP contribution is -2.52. The summed E-state index contributed by atoms with van der Waals surface area (Å²) in [5, 5.41) is 43.4. The number of benzene rings is 2. The van der Waals surface area contributed by atoms with Crippen molar-refractivity contribution in [2.24, 2.45) is 0 Å². The average Bonchev–Trinajstić information content (AvgIpc) is 3.52. The molecule has 0 amide bonds. The summed E-state index contributed by atoms with van der Waals surface area (Å²) in [7, 11) is 0. The van der Waals surface area contributed by atoms with E-state index in [0.717, 1.165) is 10.9 Å². The Hall–Kier alpha value is -4.41. The van der Waals surface area contributed by atoms with E-state index in [1.807, 2.05) is 6.07 Å². The number of imidazole rings is 1. The van der Waals surface area contributed by atoms with E-state index < -0.39 is 61.4 Å². The van der Waals surface area contributed by atoms with Crippen LogP contribution in [-0.2, 0) is 25.5 Å². The summed E-state index contributed by atoms with van der Waals surface area (Å²) >= 11 is 5.86. The maximum atomic E-state index is 15.2. The van der Waals surface area contributed by atoms with Gasteiger partial charge in [0.1, 0.15) is 17.7 Å². The molecule has 0 saturated carbocycles. The third-order valence-corrected chi connectivity index (χ3v) is 7.17. The molecule has 5 atom stereocenters. The SMILES string of the molecule is Nc1nc(Cl)nc2c1ncn2[C@@H]1O[C@H](COC(Cc2ccc(NC(O)c3ccccc3)cc2)(C(=O)O)C(=O)O)[C@@H](O)[C@@H]1F. The number of aliphatic hydroxyl groups excluding tert-OH is 2. The molecule has 14 nitrogen and oxygen atoms in total. The summed E-state index contributed by atoms with van der Waals surface area (Å²) in [6, 6.07) is 14.8. The predicted octanol–water partition coefficient (Wildman–Crippen LogP) is 1.93. The number of nitrogens with two attached hydrogens (primary N) is 1. The molecule has 4 aromatic rings. The number of nitrogens with one attached hydrogen (secondary N) is 1. The highest BCUT2D eigenvalue weighted by Gasteiger charge is 2.52. The highest BCUT2D eigenvalue weighted by atomic mass is 35.5. The number of anilines is 2. The molecule has 5 rings (SSSR count). The van der Waals surface area contributed by atoms with Crippen LogP contribution < -0.4 is 11.1 Å². The van der Waals surface area contributed by atoms with Crippen molar-refractivity contribution in [2.45, 2.75) is 42.9 Å². The maximum Gasteiger partial charge on any atom is 0.348 e. The summed E-state index contributed by atoms with van der Waals surface area (Å²) in [6.07, 6.45) is -7.31. The van der Waals surface area contributed by atoms with Crippen LogP contribution in [0.25, 0.3) is 11.2 Å². The van der Waals surface area contributed by atoms with Gasteiger partial charge in [-0.15, -0.1) is 0 Å². The van der Waals surface area contributed by atoms with Crippen LogP contribution >= 0.6 is 11.6 Å². The van der Waals surface area contributed by atoms with Crippen molar-refractivity contribution in [3.05, 3.63) is 77.3 Å². The van der Waals surface area contributed by atoms with E-state index in [4.69, 9.17) is 26.8 Å². The number of nitrogen functional groups attached to an aromatic ring is 1. The molecule has 1 fully saturated rings. The third-order valence-electron chi connectivity index (χ3n) is 7.00. The van der Waals surface area contributed by atoms with Crippen LogP contribution in [0.1, 0.15) is 23.6 Å². The number of aliphatic carboxylic acids is 2. The summed E-state index contributed by atoms with van der Waals surface area (Å²) < 4.78 is 27.4. The number of nitrogens with zero attached hydrogens (tertiary/aromatic N) is 4. The number of carboxylic acid groups (broad SMARTS) is 2. The second-order valence-corrected chi connectivity index (χ2v) is 10.1. The molecule has 1 aliphatic rings. The van der Waals surface area contributed by atoms with Crippen LogP contribution in [0.15, 0.2) is 60.9 Å². The summed E-state index contributed by atoms with van der Waals surface area (Å²) in [6.45, 7) is -0.788. The lowest BCUT2D eigenvalue weighted by Gasteiger charge is -2.27. The van der Waals surface area contributed by atoms with E-state index in [1.54, 1.807) is 24.3 Å². The minimum absolute atomic E-state index is 0.0264. The van der Waals surface area contributed by atoms with Crippen molar-refractivity contribution in [2.75, 3.05) is 17.7 Å². The molecule has 0 radical (unpaired) electrons. The average molecular weight is 617 g/mol. The molecule has 0 aliphatic carbocycles. The minimum Gasteiger partial charge on any atom is -0.479 e. The van der Waals surface area contributed by atoms with Gasteiger partial charge in [0.05, 0.1) is 12.9 Å². The molecule has 43 heavy (non-hydrogen) atoms. The molecule has 226 valence electrons. The first-order chi connectivity index (χ1) is 20.5. The lowest BCUT2D eigenvalue weighted by atomic mass is 9.94. The summed E-state index contributed by atoms with van der Waals surface area (Å²) in [4.78, 5) is 36.3. The molecular weight excluding hydrogens is 591 g/mol. The first-order valence-corrected chi connectivity index (χ1v) is 13.2. The maximum absolute atomic E-state index is 15.2. The van der Waals surface area contributed by atoms with Gasteiger partial charge in [-0.3, -0.25) is 4.57 Å². The molecule has 7 N–H and O–H groups in total. The van der Waals surface area contributed by atoms with Crippen molar-refractivity contribution in [3.8, 4) is 0 Å². The fourth-order valence-electron chi connectivity index (χ4n) is 4.69. The number of hydrogen-bond donors (Lipinski definition) is 6. The molecule has 3 heterocycles. The second kappa shape index (κ2) is 12.1. The van der Waals surface area contributed by atoms with Crippen LogP contribution in [0.4, 0.5) is 15.9 Å². The van der Waals surface area contributed by atoms with Crippen LogP contribution in [0, 0.1) is 0 Å². The van der Waals surface area contributed by atoms with E-state index >= 15 is 4.39 Å². The van der Waals surface area contributed by atoms with Crippen LogP contribution in [0.3, 0.4) is 0 Å². The molecule has 0 bridgehead atoms. The number of hydrogen-bond acceptors (Lipinski definition) is 11. The van der Waals surface area contributed by atoms with Gasteiger partial charge in [-0.25, -0.2) is 19.0 Å². The number of halogens is 2. The Labute approximate surface area is 247 Å². The molecule has 16 heteroatoms. The Morgan fingerprint density at radius 3 is 2.47 bits per heavy atom. The fourth-order valence-corrected chi connectivity index (χ4v) is 4.86. The normalized spacial score (nSPS) is 21.1. The highest BCUT2D eigenvalue weighted by Crippen LogP contribution is 2.35. The number of aliphatic hydroxyl groups is 2. The lowest BCUT2D eigenvalue weighted by molar-refractivity contribution is -0.190. The topological polar surface area (TPSA) is 215 Å². The van der Waals surface area contributed by atoms with Gasteiger partial charge < -0.3 is 41.0 Å². The molecule has 1 saturated heterocycles. The Morgan fingerprint density at radius 2 is 1.81 bits per heavy atom. The van der Waals surface area contributed by atoms with Gasteiger partial charge in [-0.1, -0.05) is 42.5 Å². The van der Waals surface area contributed by atoms with E-state index in [9.17, 15) is 30.0 Å². The van der Waals surface area contributed by atoms with Gasteiger partial charge in [0.2, 0.25) is 5.28 Å². The van der Waals surface area contributed by atoms with E-state index in [0.29, 0.717) is 11.3 Å². The molecule has 1 unspecified atom stereocenters. The van der Waals surface area contributed by atoms with Crippen molar-refractivity contribution in [1.82, 2.24) is 19.5 Å². The molecule has 1 aliphatic heterocycles. The van der Waals surface area contributed by atoms with Gasteiger partial charge in [0, 0.05) is 17.7 Å². The molecule has 2 aromatic heterocycles. The number of fused-ring (bicyclic) bond motifs is 1. The standard InChI is InChI=1S/C27H26ClFN6O8/c28-26-33-20(30)18-21(34-26)35(12-31-18)23-17(29)19(36)16(43-23)11-42-27(24(38)39,25(40)41)10-13-6-8-15(9-7-13)32-22(37)14-4-2-1-3-5-14/h1-9,12,16-17,19,22-23,32,36-37H,10-11H2,(H,38,39)(H,40,41)(H2,30,33,34)/t16-,17+,19-,22?,23-/m1/s1. The molecular formula is C27H26ClFN6O8. The summed E-state index contributed by atoms with van der Waals surface area (Å²) in [5.41, 5.74) is 4.50. The highest BCUT2D eigenvalue weighted by molar-refractivity contribution is 6.28. The Bertz CT molecular complexity index is 1610. The first-order valence-electron chi connectivity index (χ1n) is 12.8.